The van der Waals surface area contributed by atoms with Crippen molar-refractivity contribution in [2.75, 3.05) is 12.4 Å². The zero-order valence-corrected chi connectivity index (χ0v) is 18.1. The maximum Gasteiger partial charge on any atom is 0.173 e. The molecule has 0 unspecified atom stereocenters. The van der Waals surface area contributed by atoms with E-state index in [-0.39, 0.29) is 18.1 Å². The molecular formula is C25H24N2O3S. The van der Waals surface area contributed by atoms with Crippen LogP contribution < -0.4 is 4.74 Å². The predicted molar refractivity (Wildman–Crippen MR) is 124 cm³/mol. The molecule has 4 rings (SSSR count). The molecular weight excluding hydrogens is 408 g/mol. The Hall–Kier alpha value is -3.38. The molecule has 0 spiro atoms. The maximum absolute atomic E-state index is 12.6. The number of aromatic nitrogens is 2. The molecule has 3 aromatic carbocycles. The Morgan fingerprint density at radius 3 is 1.97 bits per heavy atom. The lowest BCUT2D eigenvalue weighted by molar-refractivity contribution is 0.343. The molecule has 0 fully saturated rings. The summed E-state index contributed by atoms with van der Waals surface area (Å²) in [5.41, 5.74) is 4.17. The van der Waals surface area contributed by atoms with E-state index in [0.29, 0.717) is 11.4 Å². The molecule has 0 N–H and O–H groups in total. The minimum absolute atomic E-state index is 0.00131. The number of aryl methyl sites for hydroxylation is 1. The second-order valence-corrected chi connectivity index (χ2v) is 9.49. The van der Waals surface area contributed by atoms with Crippen LogP contribution in [0.2, 0.25) is 0 Å². The number of hydrogen-bond donors (Lipinski definition) is 0. The van der Waals surface area contributed by atoms with Crippen LogP contribution in [-0.2, 0) is 22.6 Å². The average molecular weight is 433 g/mol. The Labute approximate surface area is 182 Å². The summed E-state index contributed by atoms with van der Waals surface area (Å²) in [5, 5.41) is 4.68. The molecule has 0 aliphatic carbocycles. The van der Waals surface area contributed by atoms with Crippen molar-refractivity contribution in [2.45, 2.75) is 5.75 Å². The van der Waals surface area contributed by atoms with Gasteiger partial charge >= 0.3 is 0 Å². The van der Waals surface area contributed by atoms with Gasteiger partial charge in [0.05, 0.1) is 11.5 Å². The van der Waals surface area contributed by atoms with Gasteiger partial charge in [0.2, 0.25) is 0 Å². The van der Waals surface area contributed by atoms with Gasteiger partial charge in [-0.15, -0.1) is 0 Å². The van der Waals surface area contributed by atoms with Crippen LogP contribution in [0.25, 0.3) is 22.5 Å². The molecule has 0 aliphatic rings. The molecule has 0 bridgehead atoms. The van der Waals surface area contributed by atoms with E-state index in [9.17, 15) is 8.42 Å². The fraction of sp³-hybridized carbons (Fsp3) is 0.160. The molecule has 4 aromatic rings. The SMILES string of the molecule is Cn1nc(-c2ccccc2)c(OCCS(=O)(=O)Cc2ccccc2)c1-c1ccccc1. The molecule has 31 heavy (non-hydrogen) atoms. The van der Waals surface area contributed by atoms with E-state index >= 15 is 0 Å². The van der Waals surface area contributed by atoms with Crippen molar-refractivity contribution in [1.82, 2.24) is 9.78 Å². The Bertz CT molecular complexity index is 1240. The maximum atomic E-state index is 12.6. The summed E-state index contributed by atoms with van der Waals surface area (Å²) in [6, 6.07) is 28.8. The van der Waals surface area contributed by atoms with E-state index in [1.54, 1.807) is 4.68 Å². The number of rotatable bonds is 8. The highest BCUT2D eigenvalue weighted by molar-refractivity contribution is 7.90. The standard InChI is InChI=1S/C25H24N2O3S/c1-27-24(22-15-9-4-10-16-22)25(23(26-27)21-13-7-3-8-14-21)30-17-18-31(28,29)19-20-11-5-2-6-12-20/h2-16H,17-19H2,1H3. The highest BCUT2D eigenvalue weighted by atomic mass is 32.2. The normalized spacial score (nSPS) is 11.4. The van der Waals surface area contributed by atoms with Crippen molar-refractivity contribution in [3.63, 3.8) is 0 Å². The van der Waals surface area contributed by atoms with Crippen LogP contribution in [0, 0.1) is 0 Å². The van der Waals surface area contributed by atoms with Crippen LogP contribution in [-0.4, -0.2) is 30.6 Å². The Kier molecular flexibility index (Phi) is 6.18. The van der Waals surface area contributed by atoms with Gasteiger partial charge in [0, 0.05) is 18.2 Å². The first-order valence-electron chi connectivity index (χ1n) is 10.1. The number of ether oxygens (including phenoxy) is 1. The second-order valence-electron chi connectivity index (χ2n) is 7.31. The lowest BCUT2D eigenvalue weighted by Gasteiger charge is -2.11. The van der Waals surface area contributed by atoms with Crippen LogP contribution in [0.5, 0.6) is 5.75 Å². The Morgan fingerprint density at radius 2 is 1.35 bits per heavy atom. The summed E-state index contributed by atoms with van der Waals surface area (Å²) in [6.07, 6.45) is 0. The van der Waals surface area contributed by atoms with E-state index in [2.05, 4.69) is 5.10 Å². The van der Waals surface area contributed by atoms with Gasteiger partial charge in [-0.2, -0.15) is 5.10 Å². The van der Waals surface area contributed by atoms with E-state index < -0.39 is 9.84 Å². The zero-order chi connectivity index (χ0) is 21.7. The van der Waals surface area contributed by atoms with Crippen LogP contribution in [0.3, 0.4) is 0 Å². The van der Waals surface area contributed by atoms with E-state index in [1.165, 1.54) is 0 Å². The van der Waals surface area contributed by atoms with Gasteiger partial charge in [0.15, 0.2) is 15.6 Å². The number of hydrogen-bond acceptors (Lipinski definition) is 4. The highest BCUT2D eigenvalue weighted by Crippen LogP contribution is 2.38. The molecule has 0 saturated heterocycles. The smallest absolute Gasteiger partial charge is 0.173 e. The summed E-state index contributed by atoms with van der Waals surface area (Å²) in [4.78, 5) is 0. The van der Waals surface area contributed by atoms with Crippen molar-refractivity contribution < 1.29 is 13.2 Å². The second kappa shape index (κ2) is 9.18. The molecule has 5 nitrogen and oxygen atoms in total. The van der Waals surface area contributed by atoms with Gasteiger partial charge in [-0.3, -0.25) is 4.68 Å². The molecule has 0 saturated carbocycles. The monoisotopic (exact) mass is 432 g/mol. The largest absolute Gasteiger partial charge is 0.488 e. The Morgan fingerprint density at radius 1 is 0.806 bits per heavy atom. The number of sulfone groups is 1. The molecule has 0 atom stereocenters. The van der Waals surface area contributed by atoms with Crippen molar-refractivity contribution in [3.05, 3.63) is 96.6 Å². The van der Waals surface area contributed by atoms with Crippen LogP contribution in [0.15, 0.2) is 91.0 Å². The average Bonchev–Trinajstić information content (AvgIpc) is 3.11. The van der Waals surface area contributed by atoms with Crippen molar-refractivity contribution in [2.24, 2.45) is 7.05 Å². The van der Waals surface area contributed by atoms with E-state index in [4.69, 9.17) is 4.74 Å². The van der Waals surface area contributed by atoms with Gasteiger partial charge in [-0.25, -0.2) is 8.42 Å². The summed E-state index contributed by atoms with van der Waals surface area (Å²) in [5.74, 6) is 0.524. The molecule has 0 aliphatic heterocycles. The van der Waals surface area contributed by atoms with Crippen molar-refractivity contribution in [1.29, 1.82) is 0 Å². The number of benzene rings is 3. The van der Waals surface area contributed by atoms with E-state index in [0.717, 1.165) is 22.4 Å². The summed E-state index contributed by atoms with van der Waals surface area (Å²) in [6.45, 7) is 0.0561. The first-order chi connectivity index (χ1) is 15.0. The van der Waals surface area contributed by atoms with Gasteiger partial charge in [0.25, 0.3) is 0 Å². The predicted octanol–water partition coefficient (Wildman–Crippen LogP) is 4.75. The van der Waals surface area contributed by atoms with Gasteiger partial charge < -0.3 is 4.74 Å². The first kappa shape index (κ1) is 20.9. The summed E-state index contributed by atoms with van der Waals surface area (Å²) < 4.78 is 33.1. The van der Waals surface area contributed by atoms with Gasteiger partial charge in [-0.1, -0.05) is 91.0 Å². The van der Waals surface area contributed by atoms with Crippen LogP contribution in [0.1, 0.15) is 5.56 Å². The third kappa shape index (κ3) is 5.03. The third-order valence-corrected chi connectivity index (χ3v) is 6.53. The van der Waals surface area contributed by atoms with Crippen LogP contribution in [0.4, 0.5) is 0 Å². The molecule has 0 radical (unpaired) electrons. The lowest BCUT2D eigenvalue weighted by Crippen LogP contribution is -2.16. The minimum atomic E-state index is -3.31. The van der Waals surface area contributed by atoms with Crippen molar-refractivity contribution in [3.8, 4) is 28.3 Å². The topological polar surface area (TPSA) is 61.2 Å². The van der Waals surface area contributed by atoms with Gasteiger partial charge in [0.1, 0.15) is 18.0 Å². The summed E-state index contributed by atoms with van der Waals surface area (Å²) in [7, 11) is -1.44. The molecule has 1 aromatic heterocycles. The molecule has 158 valence electrons. The zero-order valence-electron chi connectivity index (χ0n) is 17.3. The van der Waals surface area contributed by atoms with Crippen molar-refractivity contribution >= 4 is 9.84 Å². The lowest BCUT2D eigenvalue weighted by atomic mass is 10.1. The Balaban J connectivity index is 1.61. The van der Waals surface area contributed by atoms with Gasteiger partial charge in [-0.05, 0) is 5.56 Å². The summed E-state index contributed by atoms with van der Waals surface area (Å²) >= 11 is 0. The fourth-order valence-corrected chi connectivity index (χ4v) is 4.69. The third-order valence-electron chi connectivity index (χ3n) is 4.97. The fourth-order valence-electron chi connectivity index (χ4n) is 3.51. The quantitative estimate of drug-likeness (QED) is 0.403. The molecule has 1 heterocycles. The number of nitrogens with zero attached hydrogens (tertiary/aromatic N) is 2. The van der Waals surface area contributed by atoms with Crippen LogP contribution >= 0.6 is 0 Å². The minimum Gasteiger partial charge on any atom is -0.488 e. The molecule has 6 heteroatoms. The first-order valence-corrected chi connectivity index (χ1v) is 11.9. The molecule has 0 amide bonds. The highest BCUT2D eigenvalue weighted by Gasteiger charge is 2.21. The van der Waals surface area contributed by atoms with E-state index in [1.807, 2.05) is 98.0 Å².